The van der Waals surface area contributed by atoms with E-state index in [-0.39, 0.29) is 0 Å². The van der Waals surface area contributed by atoms with Crippen molar-refractivity contribution < 1.29 is 0 Å². The molecule has 3 aromatic carbocycles. The Morgan fingerprint density at radius 1 is 0.423 bits per heavy atom. The molecule has 0 fully saturated rings. The van der Waals surface area contributed by atoms with Crippen molar-refractivity contribution in [1.82, 2.24) is 0 Å². The smallest absolute Gasteiger partial charge is 0.0236 e. The largest absolute Gasteiger partial charge is 0.0683 e. The molecule has 0 aliphatic carbocycles. The van der Waals surface area contributed by atoms with Crippen molar-refractivity contribution in [2.24, 2.45) is 0 Å². The summed E-state index contributed by atoms with van der Waals surface area (Å²) in [5, 5.41) is 0. The Balaban J connectivity index is 0.000000284. The third kappa shape index (κ3) is 7.27. The summed E-state index contributed by atoms with van der Waals surface area (Å²) in [5.41, 5.74) is 8.46. The van der Waals surface area contributed by atoms with Crippen LogP contribution in [-0.4, -0.2) is 0 Å². The van der Waals surface area contributed by atoms with E-state index in [1.165, 1.54) is 33.4 Å². The Morgan fingerprint density at radius 2 is 0.692 bits per heavy atom. The minimum absolute atomic E-state index is 1.14. The van der Waals surface area contributed by atoms with Crippen molar-refractivity contribution in [3.8, 4) is 0 Å². The van der Waals surface area contributed by atoms with Crippen molar-refractivity contribution in [2.75, 3.05) is 0 Å². The molecule has 0 aliphatic heterocycles. The zero-order valence-corrected chi connectivity index (χ0v) is 17.3. The summed E-state index contributed by atoms with van der Waals surface area (Å²) in [7, 11) is 0. The third-order valence-corrected chi connectivity index (χ3v) is 4.61. The molecular weight excluding hydrogens is 312 g/mol. The van der Waals surface area contributed by atoms with Crippen LogP contribution in [-0.2, 0) is 12.8 Å². The third-order valence-electron chi connectivity index (χ3n) is 4.61. The molecule has 0 heteroatoms. The Labute approximate surface area is 160 Å². The number of benzene rings is 3. The van der Waals surface area contributed by atoms with E-state index in [2.05, 4.69) is 100 Å². The fourth-order valence-corrected chi connectivity index (χ4v) is 2.71. The number of hydrogen-bond acceptors (Lipinski definition) is 0. The highest BCUT2D eigenvalue weighted by Crippen LogP contribution is 2.14. The van der Waals surface area contributed by atoms with Gasteiger partial charge in [0.15, 0.2) is 0 Å². The molecule has 0 spiro atoms. The molecule has 0 aliphatic rings. The van der Waals surface area contributed by atoms with E-state index in [0.717, 1.165) is 12.8 Å². The zero-order valence-electron chi connectivity index (χ0n) is 17.3. The molecule has 3 aromatic rings. The molecule has 0 aromatic heterocycles. The Morgan fingerprint density at radius 3 is 0.962 bits per heavy atom. The van der Waals surface area contributed by atoms with Gasteiger partial charge in [0.2, 0.25) is 0 Å². The van der Waals surface area contributed by atoms with Gasteiger partial charge < -0.3 is 0 Å². The summed E-state index contributed by atoms with van der Waals surface area (Å²) < 4.78 is 0. The van der Waals surface area contributed by atoms with Crippen LogP contribution >= 0.6 is 0 Å². The maximum Gasteiger partial charge on any atom is -0.0236 e. The average Bonchev–Trinajstić information content (AvgIpc) is 2.67. The minimum Gasteiger partial charge on any atom is -0.0683 e. The highest BCUT2D eigenvalue weighted by atomic mass is 14.1. The quantitative estimate of drug-likeness (QED) is 0.463. The normalized spacial score (nSPS) is 9.46. The molecule has 138 valence electrons. The molecule has 0 radical (unpaired) electrons. The lowest BCUT2D eigenvalue weighted by Gasteiger charge is -2.07. The summed E-state index contributed by atoms with van der Waals surface area (Å²) in [5.74, 6) is 0. The molecule has 0 nitrogen and oxygen atoms in total. The molecule has 0 amide bonds. The van der Waals surface area contributed by atoms with E-state index in [1.807, 2.05) is 13.8 Å². The molecule has 0 N–H and O–H groups in total. The van der Waals surface area contributed by atoms with Crippen molar-refractivity contribution in [2.45, 2.75) is 54.4 Å². The van der Waals surface area contributed by atoms with Crippen LogP contribution in [0.4, 0.5) is 0 Å². The van der Waals surface area contributed by atoms with Gasteiger partial charge in [0.1, 0.15) is 0 Å². The monoisotopic (exact) mass is 346 g/mol. The van der Waals surface area contributed by atoms with Crippen molar-refractivity contribution >= 4 is 0 Å². The van der Waals surface area contributed by atoms with Crippen LogP contribution in [0.5, 0.6) is 0 Å². The van der Waals surface area contributed by atoms with Gasteiger partial charge in [-0.2, -0.15) is 0 Å². The highest BCUT2D eigenvalue weighted by Gasteiger charge is 2.00. The van der Waals surface area contributed by atoms with Gasteiger partial charge in [-0.25, -0.2) is 0 Å². The van der Waals surface area contributed by atoms with E-state index in [4.69, 9.17) is 0 Å². The fourth-order valence-electron chi connectivity index (χ4n) is 2.71. The average molecular weight is 347 g/mol. The second-order valence-corrected chi connectivity index (χ2v) is 6.44. The van der Waals surface area contributed by atoms with Gasteiger partial charge in [0.05, 0.1) is 0 Å². The Kier molecular flexibility index (Phi) is 10.1. The van der Waals surface area contributed by atoms with Crippen molar-refractivity contribution in [1.29, 1.82) is 0 Å². The maximum absolute atomic E-state index is 2.23. The number of hydrogen-bond donors (Lipinski definition) is 0. The minimum atomic E-state index is 1.14. The maximum atomic E-state index is 2.23. The first-order valence-electron chi connectivity index (χ1n) is 9.69. The molecule has 26 heavy (non-hydrogen) atoms. The molecule has 0 unspecified atom stereocenters. The Hall–Kier alpha value is -2.34. The fraction of sp³-hybridized carbons (Fsp3) is 0.308. The van der Waals surface area contributed by atoms with Crippen molar-refractivity contribution in [3.63, 3.8) is 0 Å². The summed E-state index contributed by atoms with van der Waals surface area (Å²) in [6, 6.07) is 25.6. The lowest BCUT2D eigenvalue weighted by atomic mass is 9.98. The lowest BCUT2D eigenvalue weighted by molar-refractivity contribution is 0.939. The van der Waals surface area contributed by atoms with Crippen LogP contribution in [0.3, 0.4) is 0 Å². The Bertz CT molecular complexity index is 702. The van der Waals surface area contributed by atoms with E-state index in [1.54, 1.807) is 0 Å². The standard InChI is InChI=1S/C16H18.C8H10.C2H6/c1-13-7-3-5-9-15(13)11-12-16-10-6-4-8-14(16)2;1-7-5-3-4-6-8(7)2;1-2/h3-10H,11-12H2,1-2H3;3-6H,1-2H3;1-2H3. The topological polar surface area (TPSA) is 0 Å². The summed E-state index contributed by atoms with van der Waals surface area (Å²) in [4.78, 5) is 0. The van der Waals surface area contributed by atoms with Gasteiger partial charge in [0, 0.05) is 0 Å². The molecule has 3 rings (SSSR count). The van der Waals surface area contributed by atoms with Gasteiger partial charge in [-0.15, -0.1) is 0 Å². The van der Waals surface area contributed by atoms with E-state index >= 15 is 0 Å². The second-order valence-electron chi connectivity index (χ2n) is 6.44. The van der Waals surface area contributed by atoms with E-state index < -0.39 is 0 Å². The first kappa shape index (κ1) is 21.7. The van der Waals surface area contributed by atoms with Gasteiger partial charge in [0.25, 0.3) is 0 Å². The van der Waals surface area contributed by atoms with Crippen LogP contribution in [0.15, 0.2) is 72.8 Å². The van der Waals surface area contributed by atoms with Gasteiger partial charge in [-0.3, -0.25) is 0 Å². The summed E-state index contributed by atoms with van der Waals surface area (Å²) in [6.07, 6.45) is 2.27. The van der Waals surface area contributed by atoms with Crippen LogP contribution in [0.1, 0.15) is 47.2 Å². The van der Waals surface area contributed by atoms with Gasteiger partial charge in [-0.05, 0) is 73.9 Å². The predicted octanol–water partition coefficient (Wildman–Crippen LogP) is 7.42. The van der Waals surface area contributed by atoms with Crippen LogP contribution in [0, 0.1) is 27.7 Å². The summed E-state index contributed by atoms with van der Waals surface area (Å²) in [6.45, 7) is 12.6. The first-order valence-corrected chi connectivity index (χ1v) is 9.69. The van der Waals surface area contributed by atoms with Gasteiger partial charge in [-0.1, -0.05) is 86.6 Å². The van der Waals surface area contributed by atoms with E-state index in [0.29, 0.717) is 0 Å². The van der Waals surface area contributed by atoms with Crippen molar-refractivity contribution in [3.05, 3.63) is 106 Å². The number of aryl methyl sites for hydroxylation is 6. The molecule has 0 atom stereocenters. The first-order chi connectivity index (χ1) is 12.6. The highest BCUT2D eigenvalue weighted by molar-refractivity contribution is 5.30. The van der Waals surface area contributed by atoms with Crippen LogP contribution < -0.4 is 0 Å². The lowest BCUT2D eigenvalue weighted by Crippen LogP contribution is -1.95. The molecule has 0 saturated heterocycles. The second kappa shape index (κ2) is 12.1. The predicted molar refractivity (Wildman–Crippen MR) is 117 cm³/mol. The zero-order chi connectivity index (χ0) is 19.4. The summed E-state index contributed by atoms with van der Waals surface area (Å²) >= 11 is 0. The molecular formula is C26H34. The van der Waals surface area contributed by atoms with Crippen LogP contribution in [0.25, 0.3) is 0 Å². The molecule has 0 saturated carbocycles. The van der Waals surface area contributed by atoms with Gasteiger partial charge >= 0.3 is 0 Å². The SMILES string of the molecule is CC.Cc1ccccc1C.Cc1ccccc1CCc1ccccc1C. The van der Waals surface area contributed by atoms with Crippen LogP contribution in [0.2, 0.25) is 0 Å². The number of rotatable bonds is 3. The molecule has 0 bridgehead atoms. The van der Waals surface area contributed by atoms with E-state index in [9.17, 15) is 0 Å². The molecule has 0 heterocycles.